The number of ketones is 4. The number of primary amides is 1. The highest BCUT2D eigenvalue weighted by atomic mass is 35.5. The lowest BCUT2D eigenvalue weighted by Gasteiger charge is -2.16. The van der Waals surface area contributed by atoms with Crippen molar-refractivity contribution in [3.05, 3.63) is 129 Å². The Labute approximate surface area is 413 Å². The van der Waals surface area contributed by atoms with Gasteiger partial charge in [0.2, 0.25) is 5.91 Å². The number of nitrogens with two attached hydrogens (primary N) is 1. The predicted molar refractivity (Wildman–Crippen MR) is 264 cm³/mol. The van der Waals surface area contributed by atoms with E-state index in [2.05, 4.69) is 17.2 Å². The van der Waals surface area contributed by atoms with E-state index >= 15 is 0 Å². The Morgan fingerprint density at radius 2 is 1.51 bits per heavy atom. The first-order valence-electron chi connectivity index (χ1n) is 22.9. The Morgan fingerprint density at radius 3 is 2.20 bits per heavy atom. The molecular weight excluding hydrogens is 938 g/mol. The molecule has 4 aromatic carbocycles. The van der Waals surface area contributed by atoms with Gasteiger partial charge in [0.05, 0.1) is 62.2 Å². The number of amides is 3. The number of rotatable bonds is 21. The van der Waals surface area contributed by atoms with Gasteiger partial charge in [0.15, 0.2) is 22.8 Å². The number of fused-ring (bicyclic) bond motifs is 2. The fourth-order valence-electron chi connectivity index (χ4n) is 8.15. The molecule has 7 rings (SSSR count). The summed E-state index contributed by atoms with van der Waals surface area (Å²) in [5, 5.41) is 5.62. The van der Waals surface area contributed by atoms with Crippen molar-refractivity contribution < 1.29 is 61.6 Å². The van der Waals surface area contributed by atoms with Gasteiger partial charge < -0.3 is 49.2 Å². The van der Waals surface area contributed by atoms with Gasteiger partial charge in [-0.2, -0.15) is 0 Å². The molecule has 3 amide bonds. The van der Waals surface area contributed by atoms with Crippen LogP contribution in [0.2, 0.25) is 5.02 Å². The lowest BCUT2D eigenvalue weighted by molar-refractivity contribution is -0.119. The summed E-state index contributed by atoms with van der Waals surface area (Å²) in [5.74, 6) is -1.32. The molecule has 1 aromatic heterocycles. The van der Waals surface area contributed by atoms with Gasteiger partial charge in [-0.1, -0.05) is 30.3 Å². The van der Waals surface area contributed by atoms with Gasteiger partial charge in [-0.25, -0.2) is 4.79 Å². The van der Waals surface area contributed by atoms with Crippen LogP contribution in [0.15, 0.2) is 106 Å². The van der Waals surface area contributed by atoms with Crippen molar-refractivity contribution in [2.24, 2.45) is 11.7 Å². The molecule has 370 valence electrons. The number of halogens is 1. The van der Waals surface area contributed by atoms with Gasteiger partial charge in [0, 0.05) is 72.3 Å². The summed E-state index contributed by atoms with van der Waals surface area (Å²) in [6, 6.07) is 18.4. The smallest absolute Gasteiger partial charge is 0.318 e. The van der Waals surface area contributed by atoms with Crippen LogP contribution in [-0.2, 0) is 23.8 Å². The maximum atomic E-state index is 13.6. The van der Waals surface area contributed by atoms with E-state index in [0.29, 0.717) is 59.3 Å². The standard InChI is InChI=1S/C53H52ClN3O14/c1-4-68-47-29-49-41(27-40(47)31-21-33(52(55)63)23-34(22-31)57-53(64)56-3)44(60)28-48(71-49)38-11-9-36(26-42(38)54)69-18-16-66-14-12-65-13-15-67-17-19-70-46-7-5-6-39-43(59)24-32(25-45(61)50(39)46)37-10-8-35(58)20-30(2)51(37)62/h5-7,9,11,21-24,26-29,37H,2,4,8,10,12-20,25H2,1,3H3,(H2,55,63)(H2,56,57,64). The third-order valence-electron chi connectivity index (χ3n) is 11.6. The summed E-state index contributed by atoms with van der Waals surface area (Å²) in [7, 11) is 1.46. The van der Waals surface area contributed by atoms with E-state index in [0.717, 1.165) is 0 Å². The van der Waals surface area contributed by atoms with Crippen molar-refractivity contribution in [1.29, 1.82) is 0 Å². The first kappa shape index (κ1) is 51.4. The third-order valence-corrected chi connectivity index (χ3v) is 11.9. The first-order valence-corrected chi connectivity index (χ1v) is 23.2. The van der Waals surface area contributed by atoms with Crippen LogP contribution in [0.5, 0.6) is 17.2 Å². The van der Waals surface area contributed by atoms with E-state index in [1.165, 1.54) is 25.3 Å². The third kappa shape index (κ3) is 12.9. The fraction of sp³-hybridized carbons (Fsp3) is 0.302. The molecule has 17 nitrogen and oxygen atoms in total. The van der Waals surface area contributed by atoms with Gasteiger partial charge >= 0.3 is 6.03 Å². The lowest BCUT2D eigenvalue weighted by atomic mass is 9.86. The summed E-state index contributed by atoms with van der Waals surface area (Å²) >= 11 is 6.67. The molecule has 0 radical (unpaired) electrons. The number of ether oxygens (including phenoxy) is 6. The second kappa shape index (κ2) is 23.9. The van der Waals surface area contributed by atoms with E-state index in [4.69, 9.17) is 50.2 Å². The van der Waals surface area contributed by atoms with E-state index in [1.807, 2.05) is 0 Å². The van der Waals surface area contributed by atoms with Gasteiger partial charge in [-0.15, -0.1) is 0 Å². The minimum atomic E-state index is -0.745. The quantitative estimate of drug-likeness (QED) is 0.0363. The second-order valence-electron chi connectivity index (χ2n) is 16.4. The lowest BCUT2D eigenvalue weighted by Crippen LogP contribution is -2.24. The molecule has 2 aliphatic carbocycles. The Balaban J connectivity index is 0.830. The second-order valence-corrected chi connectivity index (χ2v) is 16.8. The number of Topliss-reactive ketones (excluding diaryl/α,β-unsaturated/α-hetero) is 3. The molecule has 5 aromatic rings. The number of allylic oxidation sites excluding steroid dienone is 3. The van der Waals surface area contributed by atoms with Gasteiger partial charge in [-0.3, -0.25) is 28.8 Å². The van der Waals surface area contributed by atoms with Gasteiger partial charge in [-0.05, 0) is 84.7 Å². The topological polar surface area (TPSA) is 238 Å². The molecule has 0 bridgehead atoms. The van der Waals surface area contributed by atoms with E-state index in [-0.39, 0.29) is 138 Å². The number of urea groups is 1. The number of hydrogen-bond acceptors (Lipinski definition) is 14. The van der Waals surface area contributed by atoms with E-state index < -0.39 is 23.6 Å². The van der Waals surface area contributed by atoms with E-state index in [1.54, 1.807) is 67.6 Å². The van der Waals surface area contributed by atoms with Crippen LogP contribution in [0.4, 0.5) is 10.5 Å². The van der Waals surface area contributed by atoms with E-state index in [9.17, 15) is 33.6 Å². The Morgan fingerprint density at radius 1 is 0.789 bits per heavy atom. The van der Waals surface area contributed by atoms with Crippen LogP contribution in [0.3, 0.4) is 0 Å². The largest absolute Gasteiger partial charge is 0.493 e. The molecule has 1 saturated carbocycles. The molecule has 1 unspecified atom stereocenters. The van der Waals surface area contributed by atoms with Crippen LogP contribution >= 0.6 is 11.6 Å². The monoisotopic (exact) mass is 989 g/mol. The highest BCUT2D eigenvalue weighted by Gasteiger charge is 2.34. The van der Waals surface area contributed by atoms with Crippen molar-refractivity contribution in [1.82, 2.24) is 5.32 Å². The molecule has 0 aliphatic heterocycles. The van der Waals surface area contributed by atoms with Gasteiger partial charge in [0.25, 0.3) is 0 Å². The number of hydrogen-bond donors (Lipinski definition) is 3. The highest BCUT2D eigenvalue weighted by Crippen LogP contribution is 2.39. The Bertz CT molecular complexity index is 3000. The average molecular weight is 990 g/mol. The maximum absolute atomic E-state index is 13.6. The molecular formula is C53H52ClN3O14. The molecule has 71 heavy (non-hydrogen) atoms. The van der Waals surface area contributed by atoms with Crippen LogP contribution in [0.25, 0.3) is 33.4 Å². The molecule has 2 aliphatic rings. The SMILES string of the molecule is C=C1CC(=O)CCC(C2=CC(=O)c3cccc(OCCOCCOCCOCCOc4ccc(-c5cc(=O)c6cc(-c7cc(NC(=O)NC)cc(C(N)=O)c7)c(OCC)cc6o5)c(Cl)c4)c3C(=O)C2)C1=O. The maximum Gasteiger partial charge on any atom is 0.318 e. The zero-order valence-corrected chi connectivity index (χ0v) is 39.9. The van der Waals surface area contributed by atoms with Crippen LogP contribution in [0.1, 0.15) is 63.7 Å². The molecule has 18 heteroatoms. The van der Waals surface area contributed by atoms with Gasteiger partial charge in [0.1, 0.15) is 47.6 Å². The number of nitrogens with one attached hydrogen (secondary N) is 2. The van der Waals surface area contributed by atoms with Crippen molar-refractivity contribution in [3.63, 3.8) is 0 Å². The summed E-state index contributed by atoms with van der Waals surface area (Å²) in [6.07, 6.45) is 1.59. The fourth-order valence-corrected chi connectivity index (χ4v) is 8.42. The molecule has 1 fully saturated rings. The molecule has 0 saturated heterocycles. The summed E-state index contributed by atoms with van der Waals surface area (Å²) in [4.78, 5) is 89.6. The van der Waals surface area contributed by atoms with Crippen molar-refractivity contribution in [3.8, 4) is 39.7 Å². The van der Waals surface area contributed by atoms with Crippen molar-refractivity contribution in [2.75, 3.05) is 71.8 Å². The van der Waals surface area contributed by atoms with Crippen LogP contribution < -0.4 is 36.0 Å². The minimum Gasteiger partial charge on any atom is -0.493 e. The number of carbonyl (C=O) groups excluding carboxylic acids is 6. The first-order chi connectivity index (χ1) is 34.2. The zero-order chi connectivity index (χ0) is 50.6. The normalized spacial score (nSPS) is 14.9. The summed E-state index contributed by atoms with van der Waals surface area (Å²) in [5.41, 5.74) is 8.22. The minimum absolute atomic E-state index is 0.0195. The van der Waals surface area contributed by atoms with Crippen molar-refractivity contribution >= 4 is 63.3 Å². The predicted octanol–water partition coefficient (Wildman–Crippen LogP) is 7.73. The average Bonchev–Trinajstić information content (AvgIpc) is 3.56. The number of benzene rings is 4. The molecule has 1 atom stereocenters. The Hall–Kier alpha value is -7.44. The number of carbonyl (C=O) groups is 6. The summed E-state index contributed by atoms with van der Waals surface area (Å²) < 4.78 is 40.7. The molecule has 1 heterocycles. The van der Waals surface area contributed by atoms with Crippen molar-refractivity contribution in [2.45, 2.75) is 32.6 Å². The summed E-state index contributed by atoms with van der Waals surface area (Å²) in [6.45, 7) is 7.80. The van der Waals surface area contributed by atoms with Crippen LogP contribution in [-0.4, -0.2) is 102 Å². The zero-order valence-electron chi connectivity index (χ0n) is 39.2. The Kier molecular flexibility index (Phi) is 17.3. The molecule has 4 N–H and O–H groups in total. The molecule has 0 spiro atoms. The van der Waals surface area contributed by atoms with Crippen LogP contribution in [0, 0.1) is 5.92 Å². The highest BCUT2D eigenvalue weighted by molar-refractivity contribution is 6.33. The number of anilines is 1.